The largest absolute Gasteiger partial charge is 0.489 e. The molecule has 1 heterocycles. The molecule has 2 nitrogen and oxygen atoms in total. The molecule has 0 unspecified atom stereocenters. The average Bonchev–Trinajstić information content (AvgIpc) is 2.30. The van der Waals surface area contributed by atoms with Gasteiger partial charge in [-0.15, -0.1) is 0 Å². The maximum atomic E-state index is 12.9. The second-order valence-corrected chi connectivity index (χ2v) is 4.59. The van der Waals surface area contributed by atoms with E-state index in [0.717, 1.165) is 11.1 Å². The van der Waals surface area contributed by atoms with Gasteiger partial charge in [0.2, 0.25) is 0 Å². The van der Waals surface area contributed by atoms with Crippen molar-refractivity contribution in [3.63, 3.8) is 0 Å². The summed E-state index contributed by atoms with van der Waals surface area (Å²) in [6, 6.07) is 5.91. The van der Waals surface area contributed by atoms with Crippen LogP contribution in [-0.2, 0) is 6.61 Å². The van der Waals surface area contributed by atoms with E-state index in [9.17, 15) is 4.39 Å². The Hall–Kier alpha value is -1.32. The fourth-order valence-electron chi connectivity index (χ4n) is 1.47. The van der Waals surface area contributed by atoms with E-state index in [1.54, 1.807) is 25.3 Å². The molecule has 0 saturated heterocycles. The first kappa shape index (κ1) is 13.1. The lowest BCUT2D eigenvalue weighted by Gasteiger charge is -2.10. The van der Waals surface area contributed by atoms with Gasteiger partial charge in [0, 0.05) is 11.8 Å². The molecule has 0 bridgehead atoms. The minimum absolute atomic E-state index is 0.259. The zero-order valence-electron chi connectivity index (χ0n) is 9.58. The molecule has 0 N–H and O–H groups in total. The van der Waals surface area contributed by atoms with Crippen LogP contribution in [0.3, 0.4) is 0 Å². The molecule has 0 fully saturated rings. The summed E-state index contributed by atoms with van der Waals surface area (Å²) in [7, 11) is 0. The number of hydrogen-bond donors (Lipinski definition) is 0. The molecule has 2 rings (SSSR count). The molecule has 0 aliphatic heterocycles. The predicted molar refractivity (Wildman–Crippen MR) is 69.7 cm³/mol. The summed E-state index contributed by atoms with van der Waals surface area (Å²) in [5.41, 5.74) is 1.46. The SMILES string of the molecule is Cc1cc(F)ccc1OCc1cnc(Cl)cc1Cl. The van der Waals surface area contributed by atoms with Crippen LogP contribution < -0.4 is 4.74 Å². The molecule has 1 aromatic heterocycles. The van der Waals surface area contributed by atoms with E-state index < -0.39 is 0 Å². The zero-order chi connectivity index (χ0) is 13.1. The van der Waals surface area contributed by atoms with Crippen molar-refractivity contribution in [1.82, 2.24) is 4.98 Å². The van der Waals surface area contributed by atoms with Gasteiger partial charge in [-0.25, -0.2) is 9.37 Å². The van der Waals surface area contributed by atoms with Crippen LogP contribution in [0.1, 0.15) is 11.1 Å². The monoisotopic (exact) mass is 285 g/mol. The Kier molecular flexibility index (Phi) is 4.04. The first-order valence-corrected chi connectivity index (χ1v) is 6.01. The number of halogens is 3. The number of rotatable bonds is 3. The standard InChI is InChI=1S/C13H10Cl2FNO/c1-8-4-10(16)2-3-12(8)18-7-9-6-17-13(15)5-11(9)14/h2-6H,7H2,1H3. The third-order valence-electron chi connectivity index (χ3n) is 2.42. The Bertz CT molecular complexity index is 523. The van der Waals surface area contributed by atoms with Crippen molar-refractivity contribution in [2.75, 3.05) is 0 Å². The van der Waals surface area contributed by atoms with Crippen LogP contribution >= 0.6 is 23.2 Å². The number of aromatic nitrogens is 1. The summed E-state index contributed by atoms with van der Waals surface area (Å²) >= 11 is 11.7. The van der Waals surface area contributed by atoms with E-state index in [-0.39, 0.29) is 12.4 Å². The number of hydrogen-bond acceptors (Lipinski definition) is 2. The number of ether oxygens (including phenoxy) is 1. The zero-order valence-corrected chi connectivity index (χ0v) is 11.1. The first-order chi connectivity index (χ1) is 8.56. The van der Waals surface area contributed by atoms with Crippen LogP contribution in [0.15, 0.2) is 30.5 Å². The van der Waals surface area contributed by atoms with Gasteiger partial charge in [0.15, 0.2) is 0 Å². The Labute approximate surface area is 114 Å². The quantitative estimate of drug-likeness (QED) is 0.779. The van der Waals surface area contributed by atoms with Crippen molar-refractivity contribution in [2.45, 2.75) is 13.5 Å². The molecular formula is C13H10Cl2FNO. The van der Waals surface area contributed by atoms with Crippen LogP contribution in [0.4, 0.5) is 4.39 Å². The lowest BCUT2D eigenvalue weighted by Crippen LogP contribution is -1.99. The summed E-state index contributed by atoms with van der Waals surface area (Å²) in [5.74, 6) is 0.327. The first-order valence-electron chi connectivity index (χ1n) is 5.25. The van der Waals surface area contributed by atoms with Crippen LogP contribution in [-0.4, -0.2) is 4.98 Å². The molecular weight excluding hydrogens is 276 g/mol. The van der Waals surface area contributed by atoms with Crippen molar-refractivity contribution in [1.29, 1.82) is 0 Å². The highest BCUT2D eigenvalue weighted by molar-refractivity contribution is 6.34. The van der Waals surface area contributed by atoms with Crippen molar-refractivity contribution in [3.05, 3.63) is 57.6 Å². The molecule has 0 spiro atoms. The molecule has 94 valence electrons. The minimum atomic E-state index is -0.286. The van der Waals surface area contributed by atoms with Crippen LogP contribution in [0.5, 0.6) is 5.75 Å². The van der Waals surface area contributed by atoms with Gasteiger partial charge in [-0.2, -0.15) is 0 Å². The molecule has 0 atom stereocenters. The summed E-state index contributed by atoms with van der Waals surface area (Å²) in [5, 5.41) is 0.830. The minimum Gasteiger partial charge on any atom is -0.489 e. The second kappa shape index (κ2) is 5.55. The van der Waals surface area contributed by atoms with Crippen molar-refractivity contribution >= 4 is 23.2 Å². The third kappa shape index (κ3) is 3.12. The van der Waals surface area contributed by atoms with Crippen LogP contribution in [0, 0.1) is 12.7 Å². The van der Waals surface area contributed by atoms with Crippen LogP contribution in [0.2, 0.25) is 10.2 Å². The molecule has 0 radical (unpaired) electrons. The number of benzene rings is 1. The van der Waals surface area contributed by atoms with Gasteiger partial charge < -0.3 is 4.74 Å². The Morgan fingerprint density at radius 1 is 1.28 bits per heavy atom. The molecule has 5 heteroatoms. The highest BCUT2D eigenvalue weighted by Gasteiger charge is 2.05. The van der Waals surface area contributed by atoms with Gasteiger partial charge in [0.1, 0.15) is 23.3 Å². The smallest absolute Gasteiger partial charge is 0.130 e. The Balaban J connectivity index is 2.11. The van der Waals surface area contributed by atoms with Gasteiger partial charge in [0.25, 0.3) is 0 Å². The third-order valence-corrected chi connectivity index (χ3v) is 2.98. The molecule has 2 aromatic rings. The van der Waals surface area contributed by atoms with Gasteiger partial charge in [-0.1, -0.05) is 23.2 Å². The van der Waals surface area contributed by atoms with E-state index in [1.807, 2.05) is 0 Å². The summed E-state index contributed by atoms with van der Waals surface area (Å²) in [6.45, 7) is 2.04. The highest BCUT2D eigenvalue weighted by Crippen LogP contribution is 2.23. The Morgan fingerprint density at radius 2 is 2.06 bits per heavy atom. The van der Waals surface area contributed by atoms with Crippen molar-refractivity contribution < 1.29 is 9.13 Å². The topological polar surface area (TPSA) is 22.1 Å². The van der Waals surface area contributed by atoms with Crippen molar-refractivity contribution in [2.24, 2.45) is 0 Å². The van der Waals surface area contributed by atoms with Gasteiger partial charge in [0.05, 0.1) is 5.02 Å². The molecule has 0 amide bonds. The number of nitrogens with zero attached hydrogens (tertiary/aromatic N) is 1. The van der Waals surface area contributed by atoms with Gasteiger partial charge in [-0.05, 0) is 36.8 Å². The fourth-order valence-corrected chi connectivity index (χ4v) is 1.89. The molecule has 0 saturated carbocycles. The maximum Gasteiger partial charge on any atom is 0.130 e. The lowest BCUT2D eigenvalue weighted by atomic mass is 10.2. The number of aryl methyl sites for hydroxylation is 1. The van der Waals surface area contributed by atoms with E-state index in [0.29, 0.717) is 15.9 Å². The van der Waals surface area contributed by atoms with Crippen LogP contribution in [0.25, 0.3) is 0 Å². The maximum absolute atomic E-state index is 12.9. The van der Waals surface area contributed by atoms with E-state index in [4.69, 9.17) is 27.9 Å². The fraction of sp³-hybridized carbons (Fsp3) is 0.154. The predicted octanol–water partition coefficient (Wildman–Crippen LogP) is 4.41. The van der Waals surface area contributed by atoms with Crippen molar-refractivity contribution in [3.8, 4) is 5.75 Å². The lowest BCUT2D eigenvalue weighted by molar-refractivity contribution is 0.303. The summed E-state index contributed by atoms with van der Waals surface area (Å²) in [4.78, 5) is 3.93. The van der Waals surface area contributed by atoms with Gasteiger partial charge in [-0.3, -0.25) is 0 Å². The molecule has 0 aliphatic carbocycles. The van der Waals surface area contributed by atoms with E-state index in [2.05, 4.69) is 4.98 Å². The summed E-state index contributed by atoms with van der Waals surface area (Å²) < 4.78 is 18.5. The van der Waals surface area contributed by atoms with E-state index in [1.165, 1.54) is 12.1 Å². The normalized spacial score (nSPS) is 10.4. The van der Waals surface area contributed by atoms with E-state index >= 15 is 0 Å². The molecule has 18 heavy (non-hydrogen) atoms. The summed E-state index contributed by atoms with van der Waals surface area (Å²) in [6.07, 6.45) is 1.56. The van der Waals surface area contributed by atoms with Gasteiger partial charge >= 0.3 is 0 Å². The molecule has 1 aromatic carbocycles. The highest BCUT2D eigenvalue weighted by atomic mass is 35.5. The Morgan fingerprint density at radius 3 is 2.72 bits per heavy atom. The number of pyridine rings is 1. The second-order valence-electron chi connectivity index (χ2n) is 3.80. The molecule has 0 aliphatic rings. The average molecular weight is 286 g/mol.